The predicted octanol–water partition coefficient (Wildman–Crippen LogP) is 2.38. The number of carbonyl (C=O) groups excluding carboxylic acids is 1. The molecule has 2 amide bonds. The van der Waals surface area contributed by atoms with E-state index in [0.29, 0.717) is 17.6 Å². The summed E-state index contributed by atoms with van der Waals surface area (Å²) in [6.45, 7) is 9.35. The Morgan fingerprint density at radius 2 is 2.07 bits per heavy atom. The molecule has 2 fully saturated rings. The molecule has 0 radical (unpaired) electrons. The Balaban J connectivity index is 1.27. The average Bonchev–Trinajstić information content (AvgIpc) is 3.44. The highest BCUT2D eigenvalue weighted by molar-refractivity contribution is 7.15. The molecule has 1 N–H and O–H groups in total. The van der Waals surface area contributed by atoms with E-state index >= 15 is 0 Å². The zero-order valence-electron chi connectivity index (χ0n) is 17.7. The number of amides is 2. The van der Waals surface area contributed by atoms with Crippen molar-refractivity contribution in [1.82, 2.24) is 24.9 Å². The van der Waals surface area contributed by atoms with Gasteiger partial charge in [0.2, 0.25) is 5.13 Å². The summed E-state index contributed by atoms with van der Waals surface area (Å²) in [6.07, 6.45) is 1.71. The van der Waals surface area contributed by atoms with Gasteiger partial charge in [0.25, 0.3) is 0 Å². The number of benzene rings is 1. The second kappa shape index (κ2) is 9.72. The summed E-state index contributed by atoms with van der Waals surface area (Å²) in [5.74, 6) is 0.824. The molecule has 3 heterocycles. The number of urea groups is 1. The number of rotatable bonds is 6. The van der Waals surface area contributed by atoms with E-state index in [1.165, 1.54) is 11.3 Å². The summed E-state index contributed by atoms with van der Waals surface area (Å²) >= 11 is 1.42. The second-order valence-electron chi connectivity index (χ2n) is 7.82. The molecule has 2 aromatic rings. The topological polar surface area (TPSA) is 73.8 Å². The standard InChI is InChI=1S/C21H30N6O2S/c1-3-25-9-11-26(12-10-25)17-7-8-27(15-17)21(28)22-20-24-23-19(30-20)14-16-5-4-6-18(13-16)29-2/h4-6,13,17H,3,7-12,14-15H2,1-2H3,(H,22,24,28). The number of nitrogens with one attached hydrogen (secondary N) is 1. The molecule has 2 aliphatic heterocycles. The van der Waals surface area contributed by atoms with Crippen LogP contribution in [0.3, 0.4) is 0 Å². The first kappa shape index (κ1) is 21.0. The molecule has 1 unspecified atom stereocenters. The highest BCUT2D eigenvalue weighted by Gasteiger charge is 2.32. The highest BCUT2D eigenvalue weighted by Crippen LogP contribution is 2.23. The summed E-state index contributed by atoms with van der Waals surface area (Å²) in [5.41, 5.74) is 1.11. The molecular weight excluding hydrogens is 400 g/mol. The van der Waals surface area contributed by atoms with E-state index in [2.05, 4.69) is 32.2 Å². The zero-order chi connectivity index (χ0) is 20.9. The number of piperazine rings is 1. The fourth-order valence-corrected chi connectivity index (χ4v) is 4.94. The van der Waals surface area contributed by atoms with Crippen molar-refractivity contribution in [1.29, 1.82) is 0 Å². The summed E-state index contributed by atoms with van der Waals surface area (Å²) in [4.78, 5) is 19.6. The molecule has 2 aliphatic rings. The maximum Gasteiger partial charge on any atom is 0.323 e. The first-order valence-electron chi connectivity index (χ1n) is 10.6. The van der Waals surface area contributed by atoms with Gasteiger partial charge in [-0.1, -0.05) is 30.4 Å². The lowest BCUT2D eigenvalue weighted by Crippen LogP contribution is -2.51. The number of anilines is 1. The molecule has 9 heteroatoms. The van der Waals surface area contributed by atoms with Crippen molar-refractivity contribution < 1.29 is 9.53 Å². The number of nitrogens with zero attached hydrogens (tertiary/aromatic N) is 5. The summed E-state index contributed by atoms with van der Waals surface area (Å²) in [5, 5.41) is 12.7. The van der Waals surface area contributed by atoms with Crippen LogP contribution in [0.15, 0.2) is 24.3 Å². The van der Waals surface area contributed by atoms with Crippen molar-refractivity contribution >= 4 is 22.5 Å². The summed E-state index contributed by atoms with van der Waals surface area (Å²) in [6, 6.07) is 8.30. The van der Waals surface area contributed by atoms with Crippen molar-refractivity contribution in [3.05, 3.63) is 34.8 Å². The van der Waals surface area contributed by atoms with E-state index in [1.807, 2.05) is 29.2 Å². The normalized spacial score (nSPS) is 20.5. The van der Waals surface area contributed by atoms with Crippen LogP contribution in [-0.4, -0.2) is 89.9 Å². The third kappa shape index (κ3) is 5.08. The lowest BCUT2D eigenvalue weighted by Gasteiger charge is -2.37. The van der Waals surface area contributed by atoms with Gasteiger partial charge in [-0.15, -0.1) is 10.2 Å². The predicted molar refractivity (Wildman–Crippen MR) is 118 cm³/mol. The first-order valence-corrected chi connectivity index (χ1v) is 11.4. The molecule has 2 saturated heterocycles. The largest absolute Gasteiger partial charge is 0.497 e. The van der Waals surface area contributed by atoms with Crippen molar-refractivity contribution in [2.24, 2.45) is 0 Å². The fourth-order valence-electron chi connectivity index (χ4n) is 4.17. The number of likely N-dealkylation sites (tertiary alicyclic amines) is 1. The van der Waals surface area contributed by atoms with Gasteiger partial charge < -0.3 is 14.5 Å². The Hall–Kier alpha value is -2.23. The number of hydrogen-bond acceptors (Lipinski definition) is 7. The van der Waals surface area contributed by atoms with E-state index < -0.39 is 0 Å². The van der Waals surface area contributed by atoms with Crippen molar-refractivity contribution in [3.63, 3.8) is 0 Å². The van der Waals surface area contributed by atoms with Crippen LogP contribution in [0.2, 0.25) is 0 Å². The smallest absolute Gasteiger partial charge is 0.323 e. The molecule has 162 valence electrons. The van der Waals surface area contributed by atoms with Crippen LogP contribution in [0.1, 0.15) is 23.9 Å². The van der Waals surface area contributed by atoms with Crippen LogP contribution in [0, 0.1) is 0 Å². The minimum absolute atomic E-state index is 0.0752. The van der Waals surface area contributed by atoms with Crippen LogP contribution < -0.4 is 10.1 Å². The molecule has 30 heavy (non-hydrogen) atoms. The third-order valence-corrected chi connectivity index (χ3v) is 6.83. The highest BCUT2D eigenvalue weighted by atomic mass is 32.1. The molecular formula is C21H30N6O2S. The minimum Gasteiger partial charge on any atom is -0.497 e. The summed E-state index contributed by atoms with van der Waals surface area (Å²) < 4.78 is 5.27. The molecule has 1 aromatic carbocycles. The maximum absolute atomic E-state index is 12.7. The van der Waals surface area contributed by atoms with E-state index in [-0.39, 0.29) is 6.03 Å². The summed E-state index contributed by atoms with van der Waals surface area (Å²) in [7, 11) is 1.66. The molecule has 0 bridgehead atoms. The monoisotopic (exact) mass is 430 g/mol. The quantitative estimate of drug-likeness (QED) is 0.759. The van der Waals surface area contributed by atoms with Crippen molar-refractivity contribution in [2.75, 3.05) is 58.2 Å². The van der Waals surface area contributed by atoms with Crippen molar-refractivity contribution in [3.8, 4) is 5.75 Å². The molecule has 4 rings (SSSR count). The maximum atomic E-state index is 12.7. The van der Waals surface area contributed by atoms with Gasteiger partial charge in [-0.2, -0.15) is 0 Å². The molecule has 1 atom stereocenters. The average molecular weight is 431 g/mol. The van der Waals surface area contributed by atoms with Gasteiger partial charge in [0.05, 0.1) is 7.11 Å². The van der Waals surface area contributed by atoms with Gasteiger partial charge >= 0.3 is 6.03 Å². The first-order chi connectivity index (χ1) is 14.6. The van der Waals surface area contributed by atoms with Gasteiger partial charge in [-0.3, -0.25) is 10.2 Å². The van der Waals surface area contributed by atoms with Gasteiger partial charge in [0, 0.05) is 51.7 Å². The molecule has 0 spiro atoms. The van der Waals surface area contributed by atoms with Crippen LogP contribution >= 0.6 is 11.3 Å². The van der Waals surface area contributed by atoms with Gasteiger partial charge in [0.1, 0.15) is 10.8 Å². The zero-order valence-corrected chi connectivity index (χ0v) is 18.5. The minimum atomic E-state index is -0.0752. The van der Waals surface area contributed by atoms with Gasteiger partial charge in [0.15, 0.2) is 0 Å². The van der Waals surface area contributed by atoms with E-state index in [1.54, 1.807) is 7.11 Å². The van der Waals surface area contributed by atoms with E-state index in [4.69, 9.17) is 4.74 Å². The molecule has 0 saturated carbocycles. The number of carbonyl (C=O) groups is 1. The SMILES string of the molecule is CCN1CCN(C2CCN(C(=O)Nc3nnc(Cc4cccc(OC)c4)s3)C2)CC1. The van der Waals surface area contributed by atoms with Crippen LogP contribution in [0.5, 0.6) is 5.75 Å². The van der Waals surface area contributed by atoms with Crippen LogP contribution in [0.25, 0.3) is 0 Å². The Bertz CT molecular complexity index is 852. The third-order valence-electron chi connectivity index (χ3n) is 5.99. The molecule has 8 nitrogen and oxygen atoms in total. The Morgan fingerprint density at radius 1 is 1.23 bits per heavy atom. The Kier molecular flexibility index (Phi) is 6.81. The molecule has 1 aromatic heterocycles. The number of aromatic nitrogens is 2. The number of likely N-dealkylation sites (N-methyl/N-ethyl adjacent to an activating group) is 1. The van der Waals surface area contributed by atoms with Crippen LogP contribution in [0.4, 0.5) is 9.93 Å². The lowest BCUT2D eigenvalue weighted by molar-refractivity contribution is 0.103. The Morgan fingerprint density at radius 3 is 2.83 bits per heavy atom. The number of hydrogen-bond donors (Lipinski definition) is 1. The van der Waals surface area contributed by atoms with Crippen molar-refractivity contribution in [2.45, 2.75) is 25.8 Å². The molecule has 0 aliphatic carbocycles. The van der Waals surface area contributed by atoms with Crippen LogP contribution in [-0.2, 0) is 6.42 Å². The number of ether oxygens (including phenoxy) is 1. The van der Waals surface area contributed by atoms with E-state index in [9.17, 15) is 4.79 Å². The van der Waals surface area contributed by atoms with Gasteiger partial charge in [-0.05, 0) is 30.7 Å². The number of methoxy groups -OCH3 is 1. The fraction of sp³-hybridized carbons (Fsp3) is 0.571. The second-order valence-corrected chi connectivity index (χ2v) is 8.88. The Labute approximate surface area is 181 Å². The van der Waals surface area contributed by atoms with Gasteiger partial charge in [-0.25, -0.2) is 4.79 Å². The van der Waals surface area contributed by atoms with E-state index in [0.717, 1.165) is 68.6 Å². The lowest BCUT2D eigenvalue weighted by atomic mass is 10.1.